The van der Waals surface area contributed by atoms with E-state index in [1.54, 1.807) is 4.57 Å². The highest BCUT2D eigenvalue weighted by Crippen LogP contribution is 2.29. The number of hydrogen-bond acceptors (Lipinski definition) is 5. The average Bonchev–Trinajstić information content (AvgIpc) is 3.01. The molecule has 0 atom stereocenters. The van der Waals surface area contributed by atoms with Gasteiger partial charge in [-0.25, -0.2) is 0 Å². The Morgan fingerprint density at radius 3 is 2.69 bits per heavy atom. The summed E-state index contributed by atoms with van der Waals surface area (Å²) >= 11 is 1.03. The second-order valence-corrected chi connectivity index (χ2v) is 6.94. The highest BCUT2D eigenvalue weighted by molar-refractivity contribution is 7.16. The lowest BCUT2D eigenvalue weighted by Gasteiger charge is -2.07. The summed E-state index contributed by atoms with van der Waals surface area (Å²) in [5, 5.41) is 11.0. The average molecular weight is 425 g/mol. The number of aromatic nitrogens is 1. The molecule has 0 aliphatic rings. The molecule has 0 N–H and O–H groups in total. The van der Waals surface area contributed by atoms with Crippen LogP contribution in [-0.4, -0.2) is 29.1 Å². The molecule has 7 nitrogen and oxygen atoms in total. The summed E-state index contributed by atoms with van der Waals surface area (Å²) in [4.78, 5) is 27.1. The minimum Gasteiger partial charge on any atom is -0.383 e. The molecular weight excluding hydrogens is 411 g/mol. The van der Waals surface area contributed by atoms with Gasteiger partial charge in [0.25, 0.3) is 11.6 Å². The molecule has 0 spiro atoms. The van der Waals surface area contributed by atoms with Crippen LogP contribution in [0, 0.1) is 10.1 Å². The fourth-order valence-electron chi connectivity index (χ4n) is 2.64. The number of hydrogen-bond donors (Lipinski definition) is 0. The Kier molecular flexibility index (Phi) is 5.80. The van der Waals surface area contributed by atoms with Gasteiger partial charge in [0, 0.05) is 31.4 Å². The first kappa shape index (κ1) is 20.7. The van der Waals surface area contributed by atoms with E-state index in [-0.39, 0.29) is 22.7 Å². The third kappa shape index (κ3) is 4.51. The quantitative estimate of drug-likeness (QED) is 0.456. The fourth-order valence-corrected chi connectivity index (χ4v) is 3.73. The molecule has 0 unspecified atom stereocenters. The number of methoxy groups -OCH3 is 1. The first-order valence-corrected chi connectivity index (χ1v) is 9.05. The van der Waals surface area contributed by atoms with Gasteiger partial charge in [0.1, 0.15) is 0 Å². The van der Waals surface area contributed by atoms with Crippen LogP contribution in [0.5, 0.6) is 0 Å². The normalized spacial score (nSPS) is 12.5. The molecule has 3 rings (SSSR count). The Labute approximate surface area is 165 Å². The first-order chi connectivity index (χ1) is 13.7. The van der Waals surface area contributed by atoms with Crippen molar-refractivity contribution in [3.05, 3.63) is 68.5 Å². The minimum absolute atomic E-state index is 0.117. The molecule has 1 aromatic heterocycles. The largest absolute Gasteiger partial charge is 0.416 e. The monoisotopic (exact) mass is 425 g/mol. The third-order valence-electron chi connectivity index (χ3n) is 4.03. The molecule has 0 aliphatic heterocycles. The number of amides is 1. The lowest BCUT2D eigenvalue weighted by atomic mass is 10.1. The molecule has 3 aromatic rings. The molecule has 152 valence electrons. The Hall–Kier alpha value is -3.05. The van der Waals surface area contributed by atoms with Gasteiger partial charge >= 0.3 is 6.18 Å². The van der Waals surface area contributed by atoms with E-state index in [0.717, 1.165) is 29.5 Å². The SMILES string of the molecule is COCCn1c(=NC(=O)c2cccc(C(F)(F)F)c2)sc2cc([N+](=O)[O-])ccc21. The van der Waals surface area contributed by atoms with Crippen molar-refractivity contribution in [1.82, 2.24) is 4.57 Å². The van der Waals surface area contributed by atoms with Gasteiger partial charge in [-0.1, -0.05) is 17.4 Å². The van der Waals surface area contributed by atoms with Gasteiger partial charge in [0.2, 0.25) is 0 Å². The summed E-state index contributed by atoms with van der Waals surface area (Å²) in [5.41, 5.74) is -0.666. The van der Waals surface area contributed by atoms with Gasteiger partial charge in [0.05, 0.1) is 27.3 Å². The number of thiazole rings is 1. The number of fused-ring (bicyclic) bond motifs is 1. The van der Waals surface area contributed by atoms with E-state index in [9.17, 15) is 28.1 Å². The van der Waals surface area contributed by atoms with E-state index < -0.39 is 22.6 Å². The molecule has 0 saturated carbocycles. The van der Waals surface area contributed by atoms with E-state index in [0.29, 0.717) is 16.8 Å². The lowest BCUT2D eigenvalue weighted by molar-refractivity contribution is -0.384. The molecule has 0 fully saturated rings. The third-order valence-corrected chi connectivity index (χ3v) is 5.07. The molecular formula is C18H14F3N3O4S. The number of benzene rings is 2. The van der Waals surface area contributed by atoms with Gasteiger partial charge in [0.15, 0.2) is 4.80 Å². The number of nitro groups is 1. The zero-order valence-corrected chi connectivity index (χ0v) is 15.8. The fraction of sp³-hybridized carbons (Fsp3) is 0.222. The number of carbonyl (C=O) groups is 1. The van der Waals surface area contributed by atoms with Crippen molar-refractivity contribution in [2.24, 2.45) is 4.99 Å². The lowest BCUT2D eigenvalue weighted by Crippen LogP contribution is -2.19. The highest BCUT2D eigenvalue weighted by Gasteiger charge is 2.30. The van der Waals surface area contributed by atoms with Crippen LogP contribution in [0.1, 0.15) is 15.9 Å². The molecule has 1 amide bonds. The Balaban J connectivity index is 2.10. The second kappa shape index (κ2) is 8.13. The summed E-state index contributed by atoms with van der Waals surface area (Å²) in [7, 11) is 1.49. The zero-order chi connectivity index (χ0) is 21.2. The highest BCUT2D eigenvalue weighted by atomic mass is 32.1. The molecule has 0 radical (unpaired) electrons. The summed E-state index contributed by atoms with van der Waals surface area (Å²) in [5.74, 6) is -0.844. The predicted octanol–water partition coefficient (Wildman–Crippen LogP) is 4.02. The number of nitro benzene ring substituents is 1. The van der Waals surface area contributed by atoms with Crippen LogP contribution in [0.15, 0.2) is 47.5 Å². The summed E-state index contributed by atoms with van der Waals surface area (Å²) in [6, 6.07) is 8.22. The van der Waals surface area contributed by atoms with Crippen molar-refractivity contribution in [2.45, 2.75) is 12.7 Å². The summed E-state index contributed by atoms with van der Waals surface area (Å²) in [6.07, 6.45) is -4.58. The topological polar surface area (TPSA) is 86.7 Å². The van der Waals surface area contributed by atoms with Crippen molar-refractivity contribution >= 4 is 33.1 Å². The first-order valence-electron chi connectivity index (χ1n) is 8.24. The number of nitrogens with zero attached hydrogens (tertiary/aromatic N) is 3. The number of non-ortho nitro benzene ring substituents is 1. The van der Waals surface area contributed by atoms with Crippen LogP contribution < -0.4 is 4.80 Å². The van der Waals surface area contributed by atoms with Crippen LogP contribution in [0.2, 0.25) is 0 Å². The number of rotatable bonds is 5. The van der Waals surface area contributed by atoms with Crippen molar-refractivity contribution in [1.29, 1.82) is 0 Å². The standard InChI is InChI=1S/C18H14F3N3O4S/c1-28-8-7-23-14-6-5-13(24(26)27)10-15(14)29-17(23)22-16(25)11-3-2-4-12(9-11)18(19,20)21/h2-6,9-10H,7-8H2,1H3. The Bertz CT molecular complexity index is 1150. The Morgan fingerprint density at radius 1 is 1.28 bits per heavy atom. The van der Waals surface area contributed by atoms with Crippen LogP contribution in [0.3, 0.4) is 0 Å². The number of halogens is 3. The van der Waals surface area contributed by atoms with E-state index in [4.69, 9.17) is 4.74 Å². The second-order valence-electron chi connectivity index (χ2n) is 5.93. The maximum atomic E-state index is 12.9. The van der Waals surface area contributed by atoms with Gasteiger partial charge in [-0.15, -0.1) is 0 Å². The molecule has 2 aromatic carbocycles. The summed E-state index contributed by atoms with van der Waals surface area (Å²) in [6.45, 7) is 0.594. The molecule has 1 heterocycles. The maximum absolute atomic E-state index is 12.9. The van der Waals surface area contributed by atoms with Crippen molar-refractivity contribution < 1.29 is 27.6 Å². The molecule has 0 bridgehead atoms. The Morgan fingerprint density at radius 2 is 2.03 bits per heavy atom. The number of alkyl halides is 3. The molecule has 11 heteroatoms. The zero-order valence-electron chi connectivity index (χ0n) is 15.0. The van der Waals surface area contributed by atoms with Crippen LogP contribution >= 0.6 is 11.3 Å². The minimum atomic E-state index is -4.58. The van der Waals surface area contributed by atoms with E-state index in [1.807, 2.05) is 0 Å². The van der Waals surface area contributed by atoms with Gasteiger partial charge in [-0.3, -0.25) is 14.9 Å². The molecule has 0 aliphatic carbocycles. The van der Waals surface area contributed by atoms with Gasteiger partial charge in [-0.2, -0.15) is 18.2 Å². The van der Waals surface area contributed by atoms with Crippen LogP contribution in [0.4, 0.5) is 18.9 Å². The summed E-state index contributed by atoms with van der Waals surface area (Å²) < 4.78 is 45.9. The van der Waals surface area contributed by atoms with Crippen LogP contribution in [0.25, 0.3) is 10.2 Å². The number of ether oxygens (including phenoxy) is 1. The molecule has 0 saturated heterocycles. The maximum Gasteiger partial charge on any atom is 0.416 e. The van der Waals surface area contributed by atoms with Crippen molar-refractivity contribution in [2.75, 3.05) is 13.7 Å². The van der Waals surface area contributed by atoms with Crippen LogP contribution in [-0.2, 0) is 17.5 Å². The van der Waals surface area contributed by atoms with Crippen molar-refractivity contribution in [3.63, 3.8) is 0 Å². The van der Waals surface area contributed by atoms with E-state index in [2.05, 4.69) is 4.99 Å². The van der Waals surface area contributed by atoms with E-state index in [1.165, 1.54) is 31.4 Å². The van der Waals surface area contributed by atoms with Crippen molar-refractivity contribution in [3.8, 4) is 0 Å². The smallest absolute Gasteiger partial charge is 0.383 e. The van der Waals surface area contributed by atoms with Gasteiger partial charge in [-0.05, 0) is 24.3 Å². The van der Waals surface area contributed by atoms with Gasteiger partial charge < -0.3 is 9.30 Å². The van der Waals surface area contributed by atoms with E-state index >= 15 is 0 Å². The molecule has 29 heavy (non-hydrogen) atoms. The number of carbonyl (C=O) groups excluding carboxylic acids is 1. The predicted molar refractivity (Wildman–Crippen MR) is 99.7 cm³/mol.